The van der Waals surface area contributed by atoms with Gasteiger partial charge in [-0.2, -0.15) is 0 Å². The van der Waals surface area contributed by atoms with Crippen molar-refractivity contribution < 1.29 is 19.4 Å². The highest BCUT2D eigenvalue weighted by Crippen LogP contribution is 2.36. The molecule has 1 fully saturated rings. The third-order valence-electron chi connectivity index (χ3n) is 5.67. The molecular formula is C24H32N4O4. The number of aliphatic hydroxyl groups excluding tert-OH is 1. The zero-order valence-corrected chi connectivity index (χ0v) is 19.2. The number of amides is 1. The molecule has 0 bridgehead atoms. The molecule has 1 unspecified atom stereocenters. The molecule has 3 rings (SSSR count). The van der Waals surface area contributed by atoms with E-state index in [-0.39, 0.29) is 11.9 Å². The predicted molar refractivity (Wildman–Crippen MR) is 124 cm³/mol. The molecule has 1 atom stereocenters. The summed E-state index contributed by atoms with van der Waals surface area (Å²) >= 11 is 0. The Morgan fingerprint density at radius 1 is 1.31 bits per heavy atom. The van der Waals surface area contributed by atoms with Gasteiger partial charge in [-0.1, -0.05) is 26.0 Å². The number of hydrogen-bond donors (Lipinski definition) is 4. The average Bonchev–Trinajstić information content (AvgIpc) is 3.45. The largest absolute Gasteiger partial charge is 0.496 e. The summed E-state index contributed by atoms with van der Waals surface area (Å²) < 4.78 is 11.0. The van der Waals surface area contributed by atoms with Crippen LogP contribution in [0.5, 0.6) is 11.5 Å². The van der Waals surface area contributed by atoms with Crippen LogP contribution in [0.15, 0.2) is 36.1 Å². The molecule has 0 saturated heterocycles. The molecule has 172 valence electrons. The molecule has 32 heavy (non-hydrogen) atoms. The molecule has 1 saturated carbocycles. The van der Waals surface area contributed by atoms with Gasteiger partial charge in [0.05, 0.1) is 26.1 Å². The number of imidazole rings is 1. The van der Waals surface area contributed by atoms with Gasteiger partial charge in [0.2, 0.25) is 0 Å². The van der Waals surface area contributed by atoms with Crippen LogP contribution in [0.4, 0.5) is 0 Å². The summed E-state index contributed by atoms with van der Waals surface area (Å²) in [5.41, 5.74) is 7.81. The van der Waals surface area contributed by atoms with Crippen molar-refractivity contribution in [1.82, 2.24) is 15.3 Å². The molecule has 0 spiro atoms. The number of aliphatic hydroxyl groups is 1. The fourth-order valence-corrected chi connectivity index (χ4v) is 3.28. The second kappa shape index (κ2) is 9.58. The number of methoxy groups -OCH3 is 2. The Hall–Kier alpha value is -3.10. The fourth-order valence-electron chi connectivity index (χ4n) is 3.28. The van der Waals surface area contributed by atoms with Gasteiger partial charge in [0.25, 0.3) is 5.91 Å². The van der Waals surface area contributed by atoms with Crippen LogP contribution in [0.3, 0.4) is 0 Å². The van der Waals surface area contributed by atoms with E-state index in [4.69, 9.17) is 15.2 Å². The monoisotopic (exact) mass is 440 g/mol. The number of aromatic nitrogens is 2. The van der Waals surface area contributed by atoms with E-state index in [0.717, 1.165) is 29.7 Å². The van der Waals surface area contributed by atoms with Gasteiger partial charge in [-0.3, -0.25) is 4.79 Å². The van der Waals surface area contributed by atoms with Crippen LogP contribution in [-0.4, -0.2) is 47.5 Å². The van der Waals surface area contributed by atoms with E-state index in [0.29, 0.717) is 22.9 Å². The summed E-state index contributed by atoms with van der Waals surface area (Å²) in [6.45, 7) is 5.64. The van der Waals surface area contributed by atoms with Crippen molar-refractivity contribution in [2.45, 2.75) is 45.9 Å². The minimum atomic E-state index is -1.03. The highest BCUT2D eigenvalue weighted by Gasteiger charge is 2.29. The number of allylic oxidation sites excluding steroid dienone is 2. The van der Waals surface area contributed by atoms with Crippen LogP contribution in [-0.2, 0) is 0 Å². The average molecular weight is 441 g/mol. The lowest BCUT2D eigenvalue weighted by Crippen LogP contribution is -2.38. The second-order valence-corrected chi connectivity index (χ2v) is 8.45. The quantitative estimate of drug-likeness (QED) is 0.351. The number of aromatic amines is 1. The van der Waals surface area contributed by atoms with Crippen LogP contribution >= 0.6 is 0 Å². The first-order valence-corrected chi connectivity index (χ1v) is 10.6. The topological polar surface area (TPSA) is 122 Å². The second-order valence-electron chi connectivity index (χ2n) is 8.45. The Bertz CT molecular complexity index is 1010. The molecule has 8 nitrogen and oxygen atoms in total. The lowest BCUT2D eigenvalue weighted by Gasteiger charge is -2.29. The van der Waals surface area contributed by atoms with Gasteiger partial charge in [-0.25, -0.2) is 4.98 Å². The van der Waals surface area contributed by atoms with Crippen molar-refractivity contribution in [2.24, 2.45) is 11.1 Å². The minimum Gasteiger partial charge on any atom is -0.496 e. The molecule has 1 aliphatic carbocycles. The van der Waals surface area contributed by atoms with Gasteiger partial charge in [0, 0.05) is 17.0 Å². The van der Waals surface area contributed by atoms with Gasteiger partial charge in [-0.15, -0.1) is 0 Å². The highest BCUT2D eigenvalue weighted by molar-refractivity contribution is 6.01. The smallest absolute Gasteiger partial charge is 0.259 e. The lowest BCUT2D eigenvalue weighted by molar-refractivity contribution is 0.0835. The molecular weight excluding hydrogens is 408 g/mol. The molecule has 8 heteroatoms. The summed E-state index contributed by atoms with van der Waals surface area (Å²) in [5.74, 6) is 1.24. The summed E-state index contributed by atoms with van der Waals surface area (Å²) in [4.78, 5) is 20.4. The van der Waals surface area contributed by atoms with Crippen LogP contribution in [0.25, 0.3) is 17.3 Å². The first-order chi connectivity index (χ1) is 15.2. The third kappa shape index (κ3) is 5.03. The molecule has 5 N–H and O–H groups in total. The first-order valence-electron chi connectivity index (χ1n) is 10.6. The van der Waals surface area contributed by atoms with Gasteiger partial charge < -0.3 is 30.6 Å². The van der Waals surface area contributed by atoms with E-state index in [2.05, 4.69) is 15.3 Å². The van der Waals surface area contributed by atoms with Crippen molar-refractivity contribution in [3.05, 3.63) is 47.4 Å². The minimum absolute atomic E-state index is 0.209. The van der Waals surface area contributed by atoms with Gasteiger partial charge in [0.1, 0.15) is 29.1 Å². The Balaban J connectivity index is 1.98. The maximum atomic E-state index is 12.7. The van der Waals surface area contributed by atoms with E-state index >= 15 is 0 Å². The Labute approximate surface area is 188 Å². The van der Waals surface area contributed by atoms with Crippen molar-refractivity contribution in [3.8, 4) is 22.8 Å². The number of hydrogen-bond acceptors (Lipinski definition) is 6. The number of ether oxygens (including phenoxy) is 2. The number of benzene rings is 1. The number of nitrogens with two attached hydrogens (primary N) is 1. The van der Waals surface area contributed by atoms with Gasteiger partial charge in [0.15, 0.2) is 0 Å². The van der Waals surface area contributed by atoms with E-state index in [1.54, 1.807) is 18.3 Å². The maximum Gasteiger partial charge on any atom is 0.259 e. The van der Waals surface area contributed by atoms with E-state index in [9.17, 15) is 9.90 Å². The normalized spacial score (nSPS) is 15.7. The standard InChI is InChI=1S/C24H32N4O4/c1-6-7-15(24(2,3)23(25)30)12-20-26-13-17(28-20)14-10-18(31-4)21(19(11-14)32-5)22(29)27-16-8-9-16/h6-7,10-13,16,23,30H,8-9,25H2,1-5H3,(H,26,28)(H,27,29)/b7-6-,15-12+. The molecule has 1 heterocycles. The predicted octanol–water partition coefficient (Wildman–Crippen LogP) is 3.25. The lowest BCUT2D eigenvalue weighted by atomic mass is 9.82. The summed E-state index contributed by atoms with van der Waals surface area (Å²) in [5, 5.41) is 13.0. The third-order valence-corrected chi connectivity index (χ3v) is 5.67. The zero-order valence-electron chi connectivity index (χ0n) is 19.2. The highest BCUT2D eigenvalue weighted by atomic mass is 16.5. The Morgan fingerprint density at radius 2 is 1.94 bits per heavy atom. The van der Waals surface area contributed by atoms with Crippen LogP contribution < -0.4 is 20.5 Å². The number of nitrogens with zero attached hydrogens (tertiary/aromatic N) is 1. The zero-order chi connectivity index (χ0) is 23.5. The van der Waals surface area contributed by atoms with Crippen molar-refractivity contribution in [3.63, 3.8) is 0 Å². The molecule has 1 aromatic heterocycles. The molecule has 0 aliphatic heterocycles. The van der Waals surface area contributed by atoms with E-state index in [1.807, 2.05) is 39.0 Å². The number of rotatable bonds is 9. The van der Waals surface area contributed by atoms with E-state index < -0.39 is 11.6 Å². The molecule has 2 aromatic rings. The van der Waals surface area contributed by atoms with Crippen molar-refractivity contribution in [2.75, 3.05) is 14.2 Å². The van der Waals surface area contributed by atoms with Crippen molar-refractivity contribution in [1.29, 1.82) is 0 Å². The van der Waals surface area contributed by atoms with Crippen LogP contribution in [0.1, 0.15) is 49.8 Å². The summed E-state index contributed by atoms with van der Waals surface area (Å²) in [7, 11) is 3.05. The number of H-pyrrole nitrogens is 1. The van der Waals surface area contributed by atoms with E-state index in [1.165, 1.54) is 14.2 Å². The Morgan fingerprint density at radius 3 is 2.44 bits per heavy atom. The molecule has 1 amide bonds. The summed E-state index contributed by atoms with van der Waals surface area (Å²) in [6.07, 6.45) is 8.30. The van der Waals surface area contributed by atoms with Gasteiger partial charge >= 0.3 is 0 Å². The fraction of sp³-hybridized carbons (Fsp3) is 0.417. The van der Waals surface area contributed by atoms with Crippen molar-refractivity contribution >= 4 is 12.0 Å². The van der Waals surface area contributed by atoms with Gasteiger partial charge in [-0.05, 0) is 43.5 Å². The number of carbonyl (C=O) groups excluding carboxylic acids is 1. The maximum absolute atomic E-state index is 12.7. The SMILES string of the molecule is C/C=C\C(=C/c1ncc(-c2cc(OC)c(C(=O)NC3CC3)c(OC)c2)[nH]1)C(C)(C)C(N)O. The number of nitrogens with one attached hydrogen (secondary N) is 2. The molecule has 1 aliphatic rings. The van der Waals surface area contributed by atoms with Crippen LogP contribution in [0, 0.1) is 5.41 Å². The Kier molecular flexibility index (Phi) is 7.06. The first kappa shape index (κ1) is 23.6. The number of carbonyl (C=O) groups is 1. The molecule has 0 radical (unpaired) electrons. The molecule has 1 aromatic carbocycles. The summed E-state index contributed by atoms with van der Waals surface area (Å²) in [6, 6.07) is 3.79. The van der Waals surface area contributed by atoms with Crippen LogP contribution in [0.2, 0.25) is 0 Å².